The lowest BCUT2D eigenvalue weighted by molar-refractivity contribution is 0.340. The Morgan fingerprint density at radius 1 is 1.14 bits per heavy atom. The van der Waals surface area contributed by atoms with Gasteiger partial charge in [-0.1, -0.05) is 18.2 Å². The minimum atomic E-state index is -0.728. The molecular weight excluding hydrogens is 358 g/mol. The number of nitrogens with one attached hydrogen (secondary N) is 1. The van der Waals surface area contributed by atoms with Crippen molar-refractivity contribution in [1.29, 1.82) is 0 Å². The second kappa shape index (κ2) is 7.03. The number of benzene rings is 2. The van der Waals surface area contributed by atoms with E-state index in [0.717, 1.165) is 15.8 Å². The standard InChI is InChI=1S/C21H17N3O4/c1-2-28-15-9-7-14(8-10-15)24-20(26)17(19(25)23-21(24)27)11-13-12-22-18-6-4-3-5-16(13)18/h3-12,26H,2H2,1H3,(H,23,25,27)/b13-11-. The first-order valence-corrected chi connectivity index (χ1v) is 8.75. The Hall–Kier alpha value is -3.87. The number of aromatic nitrogens is 2. The van der Waals surface area contributed by atoms with Gasteiger partial charge >= 0.3 is 5.69 Å². The van der Waals surface area contributed by atoms with Crippen LogP contribution in [0.1, 0.15) is 18.1 Å². The molecule has 0 spiro atoms. The Bertz CT molecular complexity index is 1220. The number of allylic oxidation sites excluding steroid dienone is 1. The third kappa shape index (κ3) is 3.03. The smallest absolute Gasteiger partial charge is 0.335 e. The Kier molecular flexibility index (Phi) is 4.41. The molecule has 0 fully saturated rings. The summed E-state index contributed by atoms with van der Waals surface area (Å²) >= 11 is 0. The molecule has 140 valence electrons. The molecule has 2 heterocycles. The second-order valence-electron chi connectivity index (χ2n) is 6.13. The number of para-hydroxylation sites is 1. The van der Waals surface area contributed by atoms with E-state index in [0.29, 0.717) is 23.6 Å². The maximum Gasteiger partial charge on any atom is 0.335 e. The molecule has 0 saturated carbocycles. The number of rotatable bonds is 4. The fourth-order valence-electron chi connectivity index (χ4n) is 3.08. The lowest BCUT2D eigenvalue weighted by Crippen LogP contribution is -2.30. The number of hydrogen-bond donors (Lipinski definition) is 2. The summed E-state index contributed by atoms with van der Waals surface area (Å²) in [6.07, 6.45) is 3.14. The van der Waals surface area contributed by atoms with Crippen LogP contribution in [-0.2, 0) is 0 Å². The van der Waals surface area contributed by atoms with Crippen molar-refractivity contribution in [1.82, 2.24) is 9.55 Å². The quantitative estimate of drug-likeness (QED) is 0.733. The topological polar surface area (TPSA) is 96.7 Å². The van der Waals surface area contributed by atoms with Crippen LogP contribution in [-0.4, -0.2) is 27.5 Å². The first-order valence-electron chi connectivity index (χ1n) is 8.75. The van der Waals surface area contributed by atoms with E-state index in [1.807, 2.05) is 31.2 Å². The third-order valence-corrected chi connectivity index (χ3v) is 4.38. The number of aliphatic imine (C=N–C) groups is 1. The molecule has 0 aliphatic carbocycles. The summed E-state index contributed by atoms with van der Waals surface area (Å²) in [5, 5.41) is 10.7. The van der Waals surface area contributed by atoms with Crippen molar-refractivity contribution in [2.75, 3.05) is 6.61 Å². The van der Waals surface area contributed by atoms with Crippen molar-refractivity contribution < 1.29 is 9.84 Å². The van der Waals surface area contributed by atoms with Crippen molar-refractivity contribution in [2.45, 2.75) is 6.92 Å². The Labute approximate surface area is 159 Å². The zero-order valence-electron chi connectivity index (χ0n) is 15.0. The maximum atomic E-state index is 12.3. The molecule has 0 unspecified atom stereocenters. The van der Waals surface area contributed by atoms with E-state index in [4.69, 9.17) is 4.74 Å². The molecule has 0 saturated heterocycles. The van der Waals surface area contributed by atoms with E-state index in [1.165, 1.54) is 6.08 Å². The SMILES string of the molecule is CCOc1ccc(-n2c(O)c(/C=C3/C=Nc4ccccc43)c(=O)[nH]c2=O)cc1. The summed E-state index contributed by atoms with van der Waals surface area (Å²) in [6.45, 7) is 2.39. The van der Waals surface area contributed by atoms with Gasteiger partial charge < -0.3 is 9.84 Å². The molecular formula is C21H17N3O4. The number of H-pyrrole nitrogens is 1. The average Bonchev–Trinajstić information content (AvgIpc) is 3.09. The van der Waals surface area contributed by atoms with Gasteiger partial charge in [0.15, 0.2) is 0 Å². The lowest BCUT2D eigenvalue weighted by Gasteiger charge is -2.11. The highest BCUT2D eigenvalue weighted by atomic mass is 16.5. The van der Waals surface area contributed by atoms with E-state index in [9.17, 15) is 14.7 Å². The largest absolute Gasteiger partial charge is 0.494 e. The van der Waals surface area contributed by atoms with Gasteiger partial charge in [0.25, 0.3) is 5.56 Å². The molecule has 7 nitrogen and oxygen atoms in total. The fourth-order valence-corrected chi connectivity index (χ4v) is 3.08. The minimum Gasteiger partial charge on any atom is -0.494 e. The first-order chi connectivity index (χ1) is 13.6. The molecule has 1 aromatic heterocycles. The summed E-state index contributed by atoms with van der Waals surface area (Å²) in [5.41, 5.74) is 1.29. The second-order valence-corrected chi connectivity index (χ2v) is 6.13. The molecule has 4 rings (SSSR count). The molecule has 7 heteroatoms. The third-order valence-electron chi connectivity index (χ3n) is 4.38. The lowest BCUT2D eigenvalue weighted by atomic mass is 10.1. The molecule has 1 aliphatic rings. The molecule has 28 heavy (non-hydrogen) atoms. The highest BCUT2D eigenvalue weighted by molar-refractivity contribution is 6.21. The molecule has 1 aliphatic heterocycles. The molecule has 2 aromatic carbocycles. The van der Waals surface area contributed by atoms with Crippen molar-refractivity contribution in [2.24, 2.45) is 4.99 Å². The fraction of sp³-hybridized carbons (Fsp3) is 0.0952. The summed E-state index contributed by atoms with van der Waals surface area (Å²) in [7, 11) is 0. The molecule has 0 amide bonds. The van der Waals surface area contributed by atoms with Crippen molar-refractivity contribution in [3.63, 3.8) is 0 Å². The molecule has 0 radical (unpaired) electrons. The summed E-state index contributed by atoms with van der Waals surface area (Å²) in [4.78, 5) is 31.2. The van der Waals surface area contributed by atoms with E-state index < -0.39 is 17.1 Å². The Morgan fingerprint density at radius 2 is 1.89 bits per heavy atom. The van der Waals surface area contributed by atoms with Crippen LogP contribution in [0.25, 0.3) is 17.3 Å². The van der Waals surface area contributed by atoms with Crippen LogP contribution in [0, 0.1) is 0 Å². The number of fused-ring (bicyclic) bond motifs is 1. The minimum absolute atomic E-state index is 0.0216. The molecule has 0 bridgehead atoms. The van der Waals surface area contributed by atoms with Crippen LogP contribution in [0.5, 0.6) is 11.6 Å². The van der Waals surface area contributed by atoms with Gasteiger partial charge in [0, 0.05) is 17.4 Å². The van der Waals surface area contributed by atoms with Gasteiger partial charge in [-0.2, -0.15) is 0 Å². The summed E-state index contributed by atoms with van der Waals surface area (Å²) in [5.74, 6) is 0.201. The zero-order valence-corrected chi connectivity index (χ0v) is 15.0. The van der Waals surface area contributed by atoms with Crippen LogP contribution < -0.4 is 16.0 Å². The van der Waals surface area contributed by atoms with Gasteiger partial charge in [-0.25, -0.2) is 9.36 Å². The van der Waals surface area contributed by atoms with Crippen LogP contribution in [0.3, 0.4) is 0 Å². The van der Waals surface area contributed by atoms with Crippen molar-refractivity contribution >= 4 is 23.6 Å². The van der Waals surface area contributed by atoms with E-state index >= 15 is 0 Å². The maximum absolute atomic E-state index is 12.3. The van der Waals surface area contributed by atoms with Crippen molar-refractivity contribution in [3.05, 3.63) is 80.5 Å². The van der Waals surface area contributed by atoms with Crippen LogP contribution >= 0.6 is 0 Å². The van der Waals surface area contributed by atoms with Crippen molar-refractivity contribution in [3.8, 4) is 17.3 Å². The van der Waals surface area contributed by atoms with Crippen LogP contribution in [0.15, 0.2) is 63.1 Å². The van der Waals surface area contributed by atoms with Gasteiger partial charge in [-0.15, -0.1) is 0 Å². The highest BCUT2D eigenvalue weighted by Crippen LogP contribution is 2.32. The van der Waals surface area contributed by atoms with E-state index in [2.05, 4.69) is 9.98 Å². The van der Waals surface area contributed by atoms with Gasteiger partial charge in [0.2, 0.25) is 5.88 Å². The first kappa shape index (κ1) is 17.5. The number of ether oxygens (including phenoxy) is 1. The predicted octanol–water partition coefficient (Wildman–Crippen LogP) is 2.89. The van der Waals surface area contributed by atoms with Gasteiger partial charge in [-0.3, -0.25) is 14.8 Å². The van der Waals surface area contributed by atoms with E-state index in [-0.39, 0.29) is 5.56 Å². The Balaban J connectivity index is 1.84. The Morgan fingerprint density at radius 3 is 2.64 bits per heavy atom. The zero-order chi connectivity index (χ0) is 19.7. The highest BCUT2D eigenvalue weighted by Gasteiger charge is 2.17. The molecule has 2 N–H and O–H groups in total. The number of aromatic amines is 1. The molecule has 3 aromatic rings. The van der Waals surface area contributed by atoms with E-state index in [1.54, 1.807) is 30.5 Å². The van der Waals surface area contributed by atoms with Gasteiger partial charge in [-0.05, 0) is 43.3 Å². The number of hydrogen-bond acceptors (Lipinski definition) is 5. The monoisotopic (exact) mass is 375 g/mol. The molecule has 0 atom stereocenters. The summed E-state index contributed by atoms with van der Waals surface area (Å²) in [6, 6.07) is 14.1. The van der Waals surface area contributed by atoms with Gasteiger partial charge in [0.1, 0.15) is 11.3 Å². The van der Waals surface area contributed by atoms with Crippen LogP contribution in [0.4, 0.5) is 5.69 Å². The predicted molar refractivity (Wildman–Crippen MR) is 108 cm³/mol. The average molecular weight is 375 g/mol. The summed E-state index contributed by atoms with van der Waals surface area (Å²) < 4.78 is 6.43. The van der Waals surface area contributed by atoms with Crippen LogP contribution in [0.2, 0.25) is 0 Å². The van der Waals surface area contributed by atoms with Gasteiger partial charge in [0.05, 0.1) is 18.0 Å². The normalized spacial score (nSPS) is 13.7. The number of aromatic hydroxyl groups is 1. The number of nitrogens with zero attached hydrogens (tertiary/aromatic N) is 2.